The molecule has 0 N–H and O–H groups in total. The maximum absolute atomic E-state index is 12.5. The second kappa shape index (κ2) is 9.58. The van der Waals surface area contributed by atoms with Gasteiger partial charge in [-0.15, -0.1) is 11.6 Å². The zero-order valence-electron chi connectivity index (χ0n) is 15.3. The van der Waals surface area contributed by atoms with Gasteiger partial charge in [0.15, 0.2) is 10.5 Å². The topological polar surface area (TPSA) is 43.4 Å². The van der Waals surface area contributed by atoms with Gasteiger partial charge in [-0.1, -0.05) is 84.6 Å². The summed E-state index contributed by atoms with van der Waals surface area (Å²) in [7, 11) is 0. The summed E-state index contributed by atoms with van der Waals surface area (Å²) in [4.78, 5) is 24.8. The summed E-state index contributed by atoms with van der Waals surface area (Å²) in [5.74, 6) is -0.539. The molecule has 0 fully saturated rings. The Morgan fingerprint density at radius 3 is 2.21 bits per heavy atom. The number of alkyl halides is 1. The highest BCUT2D eigenvalue weighted by Crippen LogP contribution is 2.35. The lowest BCUT2D eigenvalue weighted by Crippen LogP contribution is -2.12. The van der Waals surface area contributed by atoms with Crippen molar-refractivity contribution in [1.29, 1.82) is 0 Å². The molecule has 1 unspecified atom stereocenters. The van der Waals surface area contributed by atoms with E-state index in [4.69, 9.17) is 16.3 Å². The number of thioether (sulfide) groups is 1. The third kappa shape index (κ3) is 5.24. The Kier molecular flexibility index (Phi) is 6.90. The molecule has 0 aliphatic rings. The maximum atomic E-state index is 12.5. The highest BCUT2D eigenvalue weighted by atomic mass is 35.5. The molecule has 28 heavy (non-hydrogen) atoms. The van der Waals surface area contributed by atoms with Crippen molar-refractivity contribution >= 4 is 34.4 Å². The highest BCUT2D eigenvalue weighted by molar-refractivity contribution is 8.13. The van der Waals surface area contributed by atoms with E-state index >= 15 is 0 Å². The van der Waals surface area contributed by atoms with Crippen LogP contribution >= 0.6 is 23.4 Å². The van der Waals surface area contributed by atoms with Gasteiger partial charge in [0.05, 0.1) is 0 Å². The predicted molar refractivity (Wildman–Crippen MR) is 113 cm³/mol. The van der Waals surface area contributed by atoms with E-state index in [0.717, 1.165) is 28.5 Å². The van der Waals surface area contributed by atoms with Crippen LogP contribution in [0.4, 0.5) is 0 Å². The second-order valence-electron chi connectivity index (χ2n) is 6.17. The van der Waals surface area contributed by atoms with Gasteiger partial charge in [-0.05, 0) is 28.3 Å². The first-order chi connectivity index (χ1) is 13.5. The number of ether oxygens (including phenoxy) is 1. The molecule has 0 spiro atoms. The van der Waals surface area contributed by atoms with Crippen molar-refractivity contribution in [3.05, 3.63) is 90.0 Å². The van der Waals surface area contributed by atoms with Crippen LogP contribution in [0.15, 0.2) is 83.8 Å². The van der Waals surface area contributed by atoms with Gasteiger partial charge in [0.25, 0.3) is 0 Å². The van der Waals surface area contributed by atoms with Crippen LogP contribution in [0.2, 0.25) is 0 Å². The number of halogens is 1. The molecule has 3 aromatic rings. The standard InChI is InChI=1S/C23H19ClO3S/c1-16(25)28-21-14-19(18-10-6-3-7-11-18)12-13-20(21)22(24)23(26)27-15-17-8-4-2-5-9-17/h2-14,22H,15H2,1H3. The molecule has 0 saturated heterocycles. The summed E-state index contributed by atoms with van der Waals surface area (Å²) in [5, 5.41) is -1.07. The van der Waals surface area contributed by atoms with Crippen molar-refractivity contribution in [2.75, 3.05) is 0 Å². The molecule has 0 aliphatic heterocycles. The SMILES string of the molecule is CC(=O)Sc1cc(-c2ccccc2)ccc1C(Cl)C(=O)OCc1ccccc1. The van der Waals surface area contributed by atoms with E-state index in [-0.39, 0.29) is 11.7 Å². The van der Waals surface area contributed by atoms with Crippen LogP contribution in [0.3, 0.4) is 0 Å². The van der Waals surface area contributed by atoms with Gasteiger partial charge in [0.1, 0.15) is 6.61 Å². The lowest BCUT2D eigenvalue weighted by atomic mass is 10.0. The lowest BCUT2D eigenvalue weighted by Gasteiger charge is -2.15. The van der Waals surface area contributed by atoms with Crippen LogP contribution < -0.4 is 0 Å². The highest BCUT2D eigenvalue weighted by Gasteiger charge is 2.23. The van der Waals surface area contributed by atoms with Gasteiger partial charge in [0, 0.05) is 11.8 Å². The van der Waals surface area contributed by atoms with Crippen LogP contribution in [0.25, 0.3) is 11.1 Å². The molecule has 3 aromatic carbocycles. The average molecular weight is 411 g/mol. The fourth-order valence-electron chi connectivity index (χ4n) is 2.73. The second-order valence-corrected chi connectivity index (χ2v) is 7.82. The first kappa shape index (κ1) is 20.2. The van der Waals surface area contributed by atoms with Gasteiger partial charge >= 0.3 is 5.97 Å². The quantitative estimate of drug-likeness (QED) is 0.283. The zero-order chi connectivity index (χ0) is 19.9. The summed E-state index contributed by atoms with van der Waals surface area (Å²) >= 11 is 7.47. The van der Waals surface area contributed by atoms with Crippen molar-refractivity contribution in [2.45, 2.75) is 23.8 Å². The smallest absolute Gasteiger partial charge is 0.329 e. The molecule has 0 aromatic heterocycles. The van der Waals surface area contributed by atoms with Crippen molar-refractivity contribution < 1.29 is 14.3 Å². The van der Waals surface area contributed by atoms with Crippen LogP contribution in [-0.4, -0.2) is 11.1 Å². The number of esters is 1. The zero-order valence-corrected chi connectivity index (χ0v) is 16.9. The van der Waals surface area contributed by atoms with Gasteiger partial charge < -0.3 is 4.74 Å². The predicted octanol–water partition coefficient (Wildman–Crippen LogP) is 6.02. The Morgan fingerprint density at radius 1 is 0.929 bits per heavy atom. The van der Waals surface area contributed by atoms with E-state index in [1.54, 1.807) is 6.07 Å². The van der Waals surface area contributed by atoms with Crippen LogP contribution in [0.5, 0.6) is 0 Å². The van der Waals surface area contributed by atoms with Crippen molar-refractivity contribution in [2.24, 2.45) is 0 Å². The minimum absolute atomic E-state index is 0.0759. The summed E-state index contributed by atoms with van der Waals surface area (Å²) in [6.07, 6.45) is 0. The fraction of sp³-hybridized carbons (Fsp3) is 0.130. The minimum atomic E-state index is -0.990. The monoisotopic (exact) mass is 410 g/mol. The van der Waals surface area contributed by atoms with Gasteiger partial charge in [0.2, 0.25) is 0 Å². The molecule has 0 bridgehead atoms. The van der Waals surface area contributed by atoms with Crippen molar-refractivity contribution in [1.82, 2.24) is 0 Å². The van der Waals surface area contributed by atoms with Crippen LogP contribution in [0, 0.1) is 0 Å². The normalized spacial score (nSPS) is 11.6. The van der Waals surface area contributed by atoms with Gasteiger partial charge in [-0.2, -0.15) is 0 Å². The number of carbonyl (C=O) groups is 2. The Labute approximate surface area is 173 Å². The van der Waals surface area contributed by atoms with E-state index < -0.39 is 11.3 Å². The van der Waals surface area contributed by atoms with Crippen LogP contribution in [-0.2, 0) is 20.9 Å². The van der Waals surface area contributed by atoms with E-state index in [2.05, 4.69) is 0 Å². The number of hydrogen-bond donors (Lipinski definition) is 0. The molecule has 142 valence electrons. The molecule has 0 aliphatic carbocycles. The van der Waals surface area contributed by atoms with Crippen molar-refractivity contribution in [3.63, 3.8) is 0 Å². The van der Waals surface area contributed by atoms with E-state index in [1.165, 1.54) is 6.92 Å². The molecule has 3 rings (SSSR count). The van der Waals surface area contributed by atoms with Crippen LogP contribution in [0.1, 0.15) is 23.4 Å². The molecule has 0 amide bonds. The van der Waals surface area contributed by atoms with E-state index in [9.17, 15) is 9.59 Å². The van der Waals surface area contributed by atoms with Gasteiger partial charge in [-0.25, -0.2) is 0 Å². The Balaban J connectivity index is 1.82. The average Bonchev–Trinajstić information content (AvgIpc) is 2.72. The molecular formula is C23H19ClO3S. The molecule has 1 atom stereocenters. The largest absolute Gasteiger partial charge is 0.459 e. The van der Waals surface area contributed by atoms with Gasteiger partial charge in [-0.3, -0.25) is 9.59 Å². The Bertz CT molecular complexity index is 958. The molecular weight excluding hydrogens is 392 g/mol. The van der Waals surface area contributed by atoms with E-state index in [1.807, 2.05) is 72.8 Å². The first-order valence-electron chi connectivity index (χ1n) is 8.77. The number of benzene rings is 3. The molecule has 0 heterocycles. The fourth-order valence-corrected chi connectivity index (χ4v) is 3.84. The summed E-state index contributed by atoms with van der Waals surface area (Å²) in [5.41, 5.74) is 3.43. The summed E-state index contributed by atoms with van der Waals surface area (Å²) < 4.78 is 5.35. The molecule has 0 radical (unpaired) electrons. The third-order valence-electron chi connectivity index (χ3n) is 4.08. The summed E-state index contributed by atoms with van der Waals surface area (Å²) in [6, 6.07) is 24.8. The lowest BCUT2D eigenvalue weighted by molar-refractivity contribution is -0.144. The number of carbonyl (C=O) groups excluding carboxylic acids is 2. The molecule has 0 saturated carbocycles. The third-order valence-corrected chi connectivity index (χ3v) is 5.35. The van der Waals surface area contributed by atoms with Crippen molar-refractivity contribution in [3.8, 4) is 11.1 Å². The first-order valence-corrected chi connectivity index (χ1v) is 10.0. The Morgan fingerprint density at radius 2 is 1.57 bits per heavy atom. The number of hydrogen-bond acceptors (Lipinski definition) is 4. The molecule has 5 heteroatoms. The van der Waals surface area contributed by atoms with E-state index in [0.29, 0.717) is 10.5 Å². The minimum Gasteiger partial charge on any atom is -0.459 e. The number of rotatable bonds is 6. The Hall–Kier alpha value is -2.56. The summed E-state index contributed by atoms with van der Waals surface area (Å²) in [6.45, 7) is 1.64. The molecule has 3 nitrogen and oxygen atoms in total. The maximum Gasteiger partial charge on any atom is 0.329 e.